The van der Waals surface area contributed by atoms with Crippen LogP contribution in [0.15, 0.2) is 24.3 Å². The number of hydrogen-bond acceptors (Lipinski definition) is 6. The van der Waals surface area contributed by atoms with Crippen molar-refractivity contribution in [3.05, 3.63) is 34.4 Å². The summed E-state index contributed by atoms with van der Waals surface area (Å²) in [4.78, 5) is 10.0. The second-order valence-electron chi connectivity index (χ2n) is 3.33. The number of nitrogens with zero attached hydrogens (tertiary/aromatic N) is 1. The van der Waals surface area contributed by atoms with Gasteiger partial charge in [-0.05, 0) is 12.1 Å². The van der Waals surface area contributed by atoms with Crippen molar-refractivity contribution >= 4 is 58.7 Å². The molecule has 0 fully saturated rings. The number of phosphoric ester groups is 1. The topological polar surface area (TPSA) is 87.9 Å². The fourth-order valence-electron chi connectivity index (χ4n) is 1.14. The second-order valence-corrected chi connectivity index (χ2v) is 7.08. The van der Waals surface area contributed by atoms with Crippen molar-refractivity contribution in [2.24, 2.45) is 0 Å². The van der Waals surface area contributed by atoms with Crippen LogP contribution in [0.2, 0.25) is 0 Å². The highest BCUT2D eigenvalue weighted by Gasteiger charge is 2.28. The number of rotatable bonds is 9. The summed E-state index contributed by atoms with van der Waals surface area (Å²) in [6, 6.07) is 5.23. The number of nitro benzene ring substituents is 1. The fraction of sp³-hybridized carbons (Fsp3) is 0.400. The molecule has 10 heteroatoms. The van der Waals surface area contributed by atoms with Gasteiger partial charge in [0.05, 0.1) is 18.1 Å². The first kappa shape index (κ1) is 18.1. The molecule has 0 atom stereocenters. The van der Waals surface area contributed by atoms with Gasteiger partial charge in [-0.2, -0.15) is 0 Å². The van der Waals surface area contributed by atoms with Crippen LogP contribution in [0.1, 0.15) is 0 Å². The molecule has 0 aliphatic rings. The Labute approximate surface area is 143 Å². The van der Waals surface area contributed by atoms with Crippen LogP contribution < -0.4 is 4.52 Å². The number of hydrogen-bond donors (Lipinski definition) is 0. The van der Waals surface area contributed by atoms with Crippen LogP contribution in [-0.2, 0) is 13.6 Å². The van der Waals surface area contributed by atoms with Crippen molar-refractivity contribution in [2.45, 2.75) is 0 Å². The van der Waals surface area contributed by atoms with Gasteiger partial charge < -0.3 is 4.52 Å². The van der Waals surface area contributed by atoms with Gasteiger partial charge in [-0.3, -0.25) is 19.2 Å². The standard InChI is InChI=1S/C10H12I2NO6P/c11-5-7-17-20(16,18-8-6-12)19-10-3-1-9(2-4-10)13(14)15/h1-4H,5-8H2. The number of phosphoric acid groups is 1. The Hall–Kier alpha value is 0.0300. The number of benzene rings is 1. The maximum absolute atomic E-state index is 12.3. The molecule has 0 saturated carbocycles. The lowest BCUT2D eigenvalue weighted by Crippen LogP contribution is -2.06. The predicted molar refractivity (Wildman–Crippen MR) is 91.0 cm³/mol. The van der Waals surface area contributed by atoms with Gasteiger partial charge in [0.2, 0.25) is 0 Å². The molecule has 0 aromatic heterocycles. The zero-order chi connectivity index (χ0) is 15.0. The van der Waals surface area contributed by atoms with Crippen LogP contribution in [0, 0.1) is 10.1 Å². The summed E-state index contributed by atoms with van der Waals surface area (Å²) >= 11 is 4.15. The van der Waals surface area contributed by atoms with Gasteiger partial charge in [-0.15, -0.1) is 0 Å². The van der Waals surface area contributed by atoms with E-state index in [9.17, 15) is 14.7 Å². The molecule has 0 aliphatic carbocycles. The van der Waals surface area contributed by atoms with Gasteiger partial charge in [0, 0.05) is 21.0 Å². The fourth-order valence-corrected chi connectivity index (χ4v) is 3.47. The van der Waals surface area contributed by atoms with Crippen molar-refractivity contribution in [1.29, 1.82) is 0 Å². The highest BCUT2D eigenvalue weighted by atomic mass is 127. The maximum atomic E-state index is 12.3. The van der Waals surface area contributed by atoms with E-state index in [0.717, 1.165) is 0 Å². The Bertz CT molecular complexity index is 471. The van der Waals surface area contributed by atoms with Crippen LogP contribution in [-0.4, -0.2) is 27.0 Å². The zero-order valence-electron chi connectivity index (χ0n) is 10.2. The van der Waals surface area contributed by atoms with Crippen LogP contribution >= 0.6 is 53.0 Å². The van der Waals surface area contributed by atoms with Gasteiger partial charge in [-0.1, -0.05) is 45.2 Å². The molecule has 0 heterocycles. The third kappa shape index (κ3) is 6.20. The Morgan fingerprint density at radius 2 is 1.60 bits per heavy atom. The molecule has 20 heavy (non-hydrogen) atoms. The van der Waals surface area contributed by atoms with Crippen molar-refractivity contribution < 1.29 is 23.1 Å². The highest BCUT2D eigenvalue weighted by molar-refractivity contribution is 14.1. The van der Waals surface area contributed by atoms with Gasteiger partial charge in [0.15, 0.2) is 0 Å². The van der Waals surface area contributed by atoms with Crippen molar-refractivity contribution in [3.63, 3.8) is 0 Å². The summed E-state index contributed by atoms with van der Waals surface area (Å²) in [7, 11) is -3.69. The summed E-state index contributed by atoms with van der Waals surface area (Å²) in [6.45, 7) is 0.456. The van der Waals surface area contributed by atoms with E-state index < -0.39 is 12.7 Å². The molecular formula is C10H12I2NO6P. The molecule has 0 N–H and O–H groups in total. The van der Waals surface area contributed by atoms with Crippen LogP contribution in [0.3, 0.4) is 0 Å². The molecule has 0 amide bonds. The minimum atomic E-state index is -3.69. The smallest absolute Gasteiger partial charge is 0.404 e. The number of nitro groups is 1. The van der Waals surface area contributed by atoms with Gasteiger partial charge >= 0.3 is 7.82 Å². The quantitative estimate of drug-likeness (QED) is 0.159. The summed E-state index contributed by atoms with van der Waals surface area (Å²) in [5, 5.41) is 10.5. The van der Waals surface area contributed by atoms with Gasteiger partial charge in [-0.25, -0.2) is 4.57 Å². The van der Waals surface area contributed by atoms with E-state index >= 15 is 0 Å². The third-order valence-corrected chi connectivity index (χ3v) is 4.23. The lowest BCUT2D eigenvalue weighted by molar-refractivity contribution is -0.384. The lowest BCUT2D eigenvalue weighted by Gasteiger charge is -2.17. The Morgan fingerprint density at radius 3 is 2.00 bits per heavy atom. The van der Waals surface area contributed by atoms with Gasteiger partial charge in [0.1, 0.15) is 5.75 Å². The van der Waals surface area contributed by atoms with Crippen molar-refractivity contribution in [2.75, 3.05) is 22.1 Å². The Kier molecular flexibility index (Phi) is 8.25. The lowest BCUT2D eigenvalue weighted by atomic mass is 10.3. The van der Waals surface area contributed by atoms with E-state index in [-0.39, 0.29) is 24.7 Å². The molecule has 0 spiro atoms. The largest absolute Gasteiger partial charge is 0.530 e. The summed E-state index contributed by atoms with van der Waals surface area (Å²) < 4.78 is 29.1. The first-order valence-corrected chi connectivity index (χ1v) is 9.97. The average Bonchev–Trinajstić information content (AvgIpc) is 2.44. The van der Waals surface area contributed by atoms with Crippen LogP contribution in [0.4, 0.5) is 5.69 Å². The van der Waals surface area contributed by atoms with Gasteiger partial charge in [0.25, 0.3) is 5.69 Å². The molecular weight excluding hydrogens is 515 g/mol. The minimum Gasteiger partial charge on any atom is -0.404 e. The molecule has 0 radical (unpaired) electrons. The molecule has 0 saturated heterocycles. The summed E-state index contributed by atoms with van der Waals surface area (Å²) in [5.74, 6) is 0.195. The SMILES string of the molecule is O=[N+]([O-])c1ccc(OP(=O)(OCCI)OCCI)cc1. The van der Waals surface area contributed by atoms with E-state index in [4.69, 9.17) is 13.6 Å². The van der Waals surface area contributed by atoms with Crippen LogP contribution in [0.25, 0.3) is 0 Å². The predicted octanol–water partition coefficient (Wildman–Crippen LogP) is 3.98. The molecule has 0 aliphatic heterocycles. The summed E-state index contributed by atoms with van der Waals surface area (Å²) in [6.07, 6.45) is 0. The molecule has 7 nitrogen and oxygen atoms in total. The summed E-state index contributed by atoms with van der Waals surface area (Å²) in [5.41, 5.74) is -0.0754. The van der Waals surface area contributed by atoms with Crippen LogP contribution in [0.5, 0.6) is 5.75 Å². The first-order chi connectivity index (χ1) is 9.50. The highest BCUT2D eigenvalue weighted by Crippen LogP contribution is 2.49. The third-order valence-electron chi connectivity index (χ3n) is 1.92. The number of halogens is 2. The van der Waals surface area contributed by atoms with Crippen molar-refractivity contribution in [1.82, 2.24) is 0 Å². The molecule has 112 valence electrons. The van der Waals surface area contributed by atoms with E-state index in [1.54, 1.807) is 0 Å². The molecule has 1 aromatic rings. The zero-order valence-corrected chi connectivity index (χ0v) is 15.4. The molecule has 1 aromatic carbocycles. The average molecular weight is 527 g/mol. The number of alkyl halides is 2. The number of non-ortho nitro benzene ring substituents is 1. The monoisotopic (exact) mass is 527 g/mol. The minimum absolute atomic E-state index is 0.0754. The molecule has 0 bridgehead atoms. The van der Waals surface area contributed by atoms with E-state index in [1.165, 1.54) is 24.3 Å². The normalized spacial score (nSPS) is 11.3. The van der Waals surface area contributed by atoms with E-state index in [2.05, 4.69) is 45.2 Å². The van der Waals surface area contributed by atoms with E-state index in [0.29, 0.717) is 8.86 Å². The molecule has 1 rings (SSSR count). The first-order valence-electron chi connectivity index (χ1n) is 5.46. The Morgan fingerprint density at radius 1 is 1.10 bits per heavy atom. The maximum Gasteiger partial charge on any atom is 0.530 e. The van der Waals surface area contributed by atoms with Crippen molar-refractivity contribution in [3.8, 4) is 5.75 Å². The second kappa shape index (κ2) is 9.13. The Balaban J connectivity index is 2.77. The van der Waals surface area contributed by atoms with E-state index in [1.807, 2.05) is 0 Å². The molecule has 0 unspecified atom stereocenters.